The molecule has 0 heterocycles. The Labute approximate surface area is 124 Å². The van der Waals surface area contributed by atoms with Gasteiger partial charge in [-0.1, -0.05) is 17.7 Å². The molecule has 0 saturated heterocycles. The number of benzene rings is 2. The van der Waals surface area contributed by atoms with Gasteiger partial charge in [-0.15, -0.1) is 0 Å². The van der Waals surface area contributed by atoms with E-state index in [0.717, 1.165) is 11.1 Å². The zero-order chi connectivity index (χ0) is 15.4. The molecule has 1 atom stereocenters. The number of methoxy groups -OCH3 is 1. The first-order valence-electron chi connectivity index (χ1n) is 6.75. The maximum Gasteiger partial charge on any atom is 0.165 e. The maximum absolute atomic E-state index is 13.6. The van der Waals surface area contributed by atoms with E-state index in [0.29, 0.717) is 11.3 Å². The van der Waals surface area contributed by atoms with Crippen molar-refractivity contribution in [3.8, 4) is 11.5 Å². The summed E-state index contributed by atoms with van der Waals surface area (Å²) in [5.74, 6) is 0.392. The molecule has 0 spiro atoms. The highest BCUT2D eigenvalue weighted by Crippen LogP contribution is 2.27. The molecule has 3 nitrogen and oxygen atoms in total. The summed E-state index contributed by atoms with van der Waals surface area (Å²) in [6.07, 6.45) is -0.618. The molecule has 0 radical (unpaired) electrons. The van der Waals surface area contributed by atoms with Crippen molar-refractivity contribution in [3.63, 3.8) is 0 Å². The van der Waals surface area contributed by atoms with Crippen molar-refractivity contribution < 1.29 is 19.0 Å². The minimum Gasteiger partial charge on any atom is -0.494 e. The third-order valence-corrected chi connectivity index (χ3v) is 3.23. The lowest BCUT2D eigenvalue weighted by atomic mass is 10.1. The predicted molar refractivity (Wildman–Crippen MR) is 79.1 cm³/mol. The number of aryl methyl sites for hydroxylation is 1. The highest BCUT2D eigenvalue weighted by Gasteiger charge is 2.10. The van der Waals surface area contributed by atoms with Crippen LogP contribution in [0.5, 0.6) is 11.5 Å². The summed E-state index contributed by atoms with van der Waals surface area (Å²) in [5.41, 5.74) is 2.48. The largest absolute Gasteiger partial charge is 0.494 e. The fraction of sp³-hybridized carbons (Fsp3) is 0.294. The van der Waals surface area contributed by atoms with E-state index < -0.39 is 11.9 Å². The molecule has 0 amide bonds. The highest BCUT2D eigenvalue weighted by atomic mass is 19.1. The first-order chi connectivity index (χ1) is 10.0. The van der Waals surface area contributed by atoms with Crippen LogP contribution in [0.3, 0.4) is 0 Å². The quantitative estimate of drug-likeness (QED) is 0.911. The molecule has 0 unspecified atom stereocenters. The van der Waals surface area contributed by atoms with E-state index in [2.05, 4.69) is 0 Å². The van der Waals surface area contributed by atoms with Crippen molar-refractivity contribution in [2.24, 2.45) is 0 Å². The van der Waals surface area contributed by atoms with Crippen LogP contribution < -0.4 is 9.47 Å². The van der Waals surface area contributed by atoms with Crippen LogP contribution in [-0.2, 0) is 6.61 Å². The fourth-order valence-electron chi connectivity index (χ4n) is 2.09. The van der Waals surface area contributed by atoms with Crippen LogP contribution in [0.25, 0.3) is 0 Å². The van der Waals surface area contributed by atoms with Crippen molar-refractivity contribution >= 4 is 0 Å². The molecule has 0 saturated carbocycles. The van der Waals surface area contributed by atoms with E-state index >= 15 is 0 Å². The summed E-state index contributed by atoms with van der Waals surface area (Å²) in [4.78, 5) is 0. The second kappa shape index (κ2) is 6.59. The van der Waals surface area contributed by atoms with Gasteiger partial charge in [-0.2, -0.15) is 0 Å². The summed E-state index contributed by atoms with van der Waals surface area (Å²) in [6.45, 7) is 3.87. The van der Waals surface area contributed by atoms with Crippen LogP contribution in [0.1, 0.15) is 29.7 Å². The second-order valence-electron chi connectivity index (χ2n) is 4.97. The SMILES string of the molecule is COc1ccc(COc2ccc(C)cc2[C@@H](C)O)cc1F. The lowest BCUT2D eigenvalue weighted by Crippen LogP contribution is -2.02. The number of rotatable bonds is 5. The van der Waals surface area contributed by atoms with Gasteiger partial charge in [-0.3, -0.25) is 0 Å². The molecular weight excluding hydrogens is 271 g/mol. The van der Waals surface area contributed by atoms with Crippen LogP contribution in [-0.4, -0.2) is 12.2 Å². The number of hydrogen-bond donors (Lipinski definition) is 1. The van der Waals surface area contributed by atoms with Crippen molar-refractivity contribution in [2.75, 3.05) is 7.11 Å². The standard InChI is InChI=1S/C17H19FO3/c1-11-4-6-16(14(8-11)12(2)19)21-10-13-5-7-17(20-3)15(18)9-13/h4-9,12,19H,10H2,1-3H3/t12-/m1/s1. The van der Waals surface area contributed by atoms with Crippen molar-refractivity contribution in [2.45, 2.75) is 26.6 Å². The third-order valence-electron chi connectivity index (χ3n) is 3.23. The summed E-state index contributed by atoms with van der Waals surface area (Å²) >= 11 is 0. The van der Waals surface area contributed by atoms with Gasteiger partial charge in [0.15, 0.2) is 11.6 Å². The van der Waals surface area contributed by atoms with Gasteiger partial charge in [-0.05, 0) is 43.7 Å². The van der Waals surface area contributed by atoms with Crippen LogP contribution in [0, 0.1) is 12.7 Å². The zero-order valence-electron chi connectivity index (χ0n) is 12.4. The van der Waals surface area contributed by atoms with E-state index in [4.69, 9.17) is 9.47 Å². The third kappa shape index (κ3) is 3.73. The number of aliphatic hydroxyl groups excluding tert-OH is 1. The van der Waals surface area contributed by atoms with Gasteiger partial charge < -0.3 is 14.6 Å². The van der Waals surface area contributed by atoms with Gasteiger partial charge in [0.1, 0.15) is 12.4 Å². The van der Waals surface area contributed by atoms with E-state index in [1.54, 1.807) is 19.1 Å². The van der Waals surface area contributed by atoms with Gasteiger partial charge in [0.2, 0.25) is 0 Å². The number of aliphatic hydroxyl groups is 1. The average Bonchev–Trinajstić information content (AvgIpc) is 2.46. The topological polar surface area (TPSA) is 38.7 Å². The summed E-state index contributed by atoms with van der Waals surface area (Å²) in [6, 6.07) is 10.3. The Kier molecular flexibility index (Phi) is 4.81. The maximum atomic E-state index is 13.6. The first kappa shape index (κ1) is 15.3. The molecule has 112 valence electrons. The molecule has 0 aliphatic rings. The number of hydrogen-bond acceptors (Lipinski definition) is 3. The average molecular weight is 290 g/mol. The number of halogens is 1. The molecule has 0 fully saturated rings. The van der Waals surface area contributed by atoms with Crippen LogP contribution in [0.2, 0.25) is 0 Å². The molecule has 0 aliphatic heterocycles. The first-order valence-corrected chi connectivity index (χ1v) is 6.75. The van der Waals surface area contributed by atoms with Gasteiger partial charge in [-0.25, -0.2) is 4.39 Å². The molecule has 1 N–H and O–H groups in total. The Bertz CT molecular complexity index is 623. The van der Waals surface area contributed by atoms with Gasteiger partial charge >= 0.3 is 0 Å². The Balaban J connectivity index is 2.15. The van der Waals surface area contributed by atoms with E-state index in [1.165, 1.54) is 13.2 Å². The van der Waals surface area contributed by atoms with Gasteiger partial charge in [0.05, 0.1) is 13.2 Å². The Morgan fingerprint density at radius 1 is 1.14 bits per heavy atom. The molecule has 0 bridgehead atoms. The molecule has 21 heavy (non-hydrogen) atoms. The smallest absolute Gasteiger partial charge is 0.165 e. The highest BCUT2D eigenvalue weighted by molar-refractivity contribution is 5.38. The molecule has 2 rings (SSSR count). The van der Waals surface area contributed by atoms with Crippen LogP contribution in [0.4, 0.5) is 4.39 Å². The van der Waals surface area contributed by atoms with Crippen LogP contribution >= 0.6 is 0 Å². The molecule has 0 aliphatic carbocycles. The van der Waals surface area contributed by atoms with Gasteiger partial charge in [0, 0.05) is 5.56 Å². The second-order valence-corrected chi connectivity index (χ2v) is 4.97. The fourth-order valence-corrected chi connectivity index (χ4v) is 2.09. The lowest BCUT2D eigenvalue weighted by Gasteiger charge is -2.14. The minimum absolute atomic E-state index is 0.207. The molecule has 0 aromatic heterocycles. The zero-order valence-corrected chi connectivity index (χ0v) is 12.4. The van der Waals surface area contributed by atoms with Gasteiger partial charge in [0.25, 0.3) is 0 Å². The Morgan fingerprint density at radius 3 is 2.48 bits per heavy atom. The van der Waals surface area contributed by atoms with Crippen molar-refractivity contribution in [1.29, 1.82) is 0 Å². The monoisotopic (exact) mass is 290 g/mol. The molecule has 4 heteroatoms. The normalized spacial score (nSPS) is 12.0. The molecule has 2 aromatic rings. The van der Waals surface area contributed by atoms with E-state index in [9.17, 15) is 9.50 Å². The predicted octanol–water partition coefficient (Wildman–Crippen LogP) is 3.78. The van der Waals surface area contributed by atoms with E-state index in [-0.39, 0.29) is 12.4 Å². The van der Waals surface area contributed by atoms with Crippen molar-refractivity contribution in [1.82, 2.24) is 0 Å². The lowest BCUT2D eigenvalue weighted by molar-refractivity contribution is 0.190. The van der Waals surface area contributed by atoms with Crippen LogP contribution in [0.15, 0.2) is 36.4 Å². The summed E-state index contributed by atoms with van der Waals surface area (Å²) in [7, 11) is 1.43. The Hall–Kier alpha value is -2.07. The van der Waals surface area contributed by atoms with Crippen molar-refractivity contribution in [3.05, 3.63) is 58.9 Å². The van der Waals surface area contributed by atoms with E-state index in [1.807, 2.05) is 25.1 Å². The Morgan fingerprint density at radius 2 is 1.86 bits per heavy atom. The minimum atomic E-state index is -0.618. The number of ether oxygens (including phenoxy) is 2. The summed E-state index contributed by atoms with van der Waals surface area (Å²) in [5, 5.41) is 9.78. The molecular formula is C17H19FO3. The molecule has 2 aromatic carbocycles. The summed E-state index contributed by atoms with van der Waals surface area (Å²) < 4.78 is 24.2.